The van der Waals surface area contributed by atoms with Gasteiger partial charge in [0.1, 0.15) is 11.6 Å². The molecule has 1 amide bonds. The van der Waals surface area contributed by atoms with E-state index in [0.717, 1.165) is 11.5 Å². The lowest BCUT2D eigenvalue weighted by molar-refractivity contribution is 0.100. The number of hydrogen-bond acceptors (Lipinski definition) is 1. The van der Waals surface area contributed by atoms with Crippen LogP contribution < -0.4 is 5.73 Å². The third-order valence-electron chi connectivity index (χ3n) is 4.39. The van der Waals surface area contributed by atoms with Gasteiger partial charge in [-0.25, -0.2) is 8.78 Å². The minimum Gasteiger partial charge on any atom is -0.366 e. The maximum atomic E-state index is 13.6. The number of carbonyl (C=O) groups is 1. The molecule has 0 atom stereocenters. The van der Waals surface area contributed by atoms with Crippen LogP contribution in [0.4, 0.5) is 8.78 Å². The Kier molecular flexibility index (Phi) is 3.89. The van der Waals surface area contributed by atoms with Crippen molar-refractivity contribution < 1.29 is 13.6 Å². The fraction of sp³-hybridized carbons (Fsp3) is 0.0500. The third-order valence-corrected chi connectivity index (χ3v) is 4.69. The molecule has 26 heavy (non-hydrogen) atoms. The molecule has 0 unspecified atom stereocenters. The smallest absolute Gasteiger partial charge is 0.249 e. The van der Waals surface area contributed by atoms with E-state index >= 15 is 0 Å². The van der Waals surface area contributed by atoms with E-state index in [1.807, 2.05) is 16.7 Å². The second-order valence-corrected chi connectivity index (χ2v) is 6.47. The summed E-state index contributed by atoms with van der Waals surface area (Å²) in [6, 6.07) is 13.9. The molecular weight excluding hydrogens is 358 g/mol. The maximum Gasteiger partial charge on any atom is 0.249 e. The van der Waals surface area contributed by atoms with Crippen molar-refractivity contribution in [2.75, 3.05) is 0 Å². The molecule has 1 aromatic heterocycles. The highest BCUT2D eigenvalue weighted by molar-refractivity contribution is 6.37. The Balaban J connectivity index is 2.07. The van der Waals surface area contributed by atoms with Gasteiger partial charge in [-0.1, -0.05) is 29.8 Å². The van der Waals surface area contributed by atoms with E-state index in [9.17, 15) is 13.6 Å². The zero-order valence-electron chi connectivity index (χ0n) is 13.5. The lowest BCUT2D eigenvalue weighted by Gasteiger charge is -2.09. The Morgan fingerprint density at radius 3 is 2.42 bits per heavy atom. The number of fused-ring (bicyclic) bond motifs is 3. The average molecular weight is 371 g/mol. The molecule has 4 rings (SSSR count). The van der Waals surface area contributed by atoms with Gasteiger partial charge in [-0.3, -0.25) is 4.79 Å². The van der Waals surface area contributed by atoms with Crippen molar-refractivity contribution in [3.05, 3.63) is 82.4 Å². The summed E-state index contributed by atoms with van der Waals surface area (Å²) in [5.74, 6) is -1.85. The van der Waals surface area contributed by atoms with E-state index in [0.29, 0.717) is 32.6 Å². The number of primary amides is 1. The summed E-state index contributed by atoms with van der Waals surface area (Å²) < 4.78 is 29.0. The molecule has 0 spiro atoms. The Morgan fingerprint density at radius 1 is 1.04 bits per heavy atom. The zero-order chi connectivity index (χ0) is 18.4. The number of aromatic nitrogens is 1. The van der Waals surface area contributed by atoms with Crippen molar-refractivity contribution in [2.24, 2.45) is 5.73 Å². The molecule has 6 heteroatoms. The Hall–Kier alpha value is -2.92. The first-order chi connectivity index (χ1) is 12.5. The summed E-state index contributed by atoms with van der Waals surface area (Å²) in [5.41, 5.74) is 7.75. The lowest BCUT2D eigenvalue weighted by atomic mass is 10.1. The van der Waals surface area contributed by atoms with Crippen LogP contribution in [0.2, 0.25) is 5.02 Å². The van der Waals surface area contributed by atoms with Crippen LogP contribution in [0.15, 0.2) is 54.6 Å². The van der Waals surface area contributed by atoms with Crippen LogP contribution >= 0.6 is 11.6 Å². The van der Waals surface area contributed by atoms with Crippen LogP contribution in [0.3, 0.4) is 0 Å². The highest BCUT2D eigenvalue weighted by Gasteiger charge is 2.18. The fourth-order valence-electron chi connectivity index (χ4n) is 3.41. The quantitative estimate of drug-likeness (QED) is 0.549. The molecule has 0 aliphatic carbocycles. The van der Waals surface area contributed by atoms with Crippen LogP contribution in [0.1, 0.15) is 15.9 Å². The number of nitrogens with zero attached hydrogens (tertiary/aromatic N) is 1. The fourth-order valence-corrected chi connectivity index (χ4v) is 3.69. The number of benzene rings is 3. The number of nitrogens with two attached hydrogens (primary N) is 1. The zero-order valence-corrected chi connectivity index (χ0v) is 14.2. The molecule has 3 aromatic carbocycles. The van der Waals surface area contributed by atoms with Crippen LogP contribution in [0, 0.1) is 11.6 Å². The van der Waals surface area contributed by atoms with Gasteiger partial charge >= 0.3 is 0 Å². The highest BCUT2D eigenvalue weighted by atomic mass is 35.5. The van der Waals surface area contributed by atoms with E-state index < -0.39 is 17.5 Å². The van der Waals surface area contributed by atoms with Crippen molar-refractivity contribution in [2.45, 2.75) is 6.54 Å². The predicted octanol–water partition coefficient (Wildman–Crippen LogP) is 4.87. The summed E-state index contributed by atoms with van der Waals surface area (Å²) in [6.07, 6.45) is 0. The van der Waals surface area contributed by atoms with Gasteiger partial charge in [0.05, 0.1) is 16.1 Å². The van der Waals surface area contributed by atoms with Gasteiger partial charge in [-0.15, -0.1) is 0 Å². The molecule has 1 heterocycles. The minimum atomic E-state index is -0.648. The highest BCUT2D eigenvalue weighted by Crippen LogP contribution is 2.36. The molecule has 2 N–H and O–H groups in total. The molecule has 0 radical (unpaired) electrons. The van der Waals surface area contributed by atoms with Gasteiger partial charge in [0.2, 0.25) is 5.91 Å². The molecule has 0 fully saturated rings. The number of carbonyl (C=O) groups excluding carboxylic acids is 1. The maximum absolute atomic E-state index is 13.6. The van der Waals surface area contributed by atoms with Crippen LogP contribution in [0.25, 0.3) is 21.8 Å². The molecule has 0 aliphatic rings. The largest absolute Gasteiger partial charge is 0.366 e. The Labute approximate surface area is 152 Å². The third kappa shape index (κ3) is 2.61. The molecule has 0 aliphatic heterocycles. The van der Waals surface area contributed by atoms with Crippen molar-refractivity contribution in [1.29, 1.82) is 0 Å². The first-order valence-corrected chi connectivity index (χ1v) is 8.27. The van der Waals surface area contributed by atoms with Crippen molar-refractivity contribution in [3.8, 4) is 0 Å². The summed E-state index contributed by atoms with van der Waals surface area (Å²) >= 11 is 6.41. The molecular formula is C20H13ClF2N2O. The number of amides is 1. The Morgan fingerprint density at radius 2 is 1.73 bits per heavy atom. The van der Waals surface area contributed by atoms with Crippen LogP contribution in [-0.2, 0) is 6.54 Å². The number of rotatable bonds is 3. The van der Waals surface area contributed by atoms with Crippen LogP contribution in [0.5, 0.6) is 0 Å². The second kappa shape index (κ2) is 6.11. The molecule has 3 nitrogen and oxygen atoms in total. The lowest BCUT2D eigenvalue weighted by Crippen LogP contribution is -2.11. The topological polar surface area (TPSA) is 48.0 Å². The van der Waals surface area contributed by atoms with Crippen molar-refractivity contribution in [1.82, 2.24) is 4.57 Å². The summed E-state index contributed by atoms with van der Waals surface area (Å²) in [4.78, 5) is 11.9. The summed E-state index contributed by atoms with van der Waals surface area (Å²) in [7, 11) is 0. The van der Waals surface area contributed by atoms with Crippen molar-refractivity contribution >= 4 is 39.3 Å². The SMILES string of the molecule is NC(=O)c1cccc2c1c1cccc(Cl)c1n2Cc1cc(F)cc(F)c1. The molecule has 4 aromatic rings. The van der Waals surface area contributed by atoms with E-state index in [-0.39, 0.29) is 6.54 Å². The van der Waals surface area contributed by atoms with E-state index in [1.54, 1.807) is 24.3 Å². The molecule has 0 saturated heterocycles. The van der Waals surface area contributed by atoms with E-state index in [2.05, 4.69) is 0 Å². The first-order valence-electron chi connectivity index (χ1n) is 7.90. The van der Waals surface area contributed by atoms with Gasteiger partial charge in [-0.2, -0.15) is 0 Å². The van der Waals surface area contributed by atoms with Crippen LogP contribution in [-0.4, -0.2) is 10.5 Å². The van der Waals surface area contributed by atoms with Gasteiger partial charge < -0.3 is 10.3 Å². The summed E-state index contributed by atoms with van der Waals surface area (Å²) in [6.45, 7) is 0.195. The first kappa shape index (κ1) is 16.5. The number of halogens is 3. The van der Waals surface area contributed by atoms with E-state index in [4.69, 9.17) is 17.3 Å². The van der Waals surface area contributed by atoms with Gasteiger partial charge in [0, 0.05) is 28.9 Å². The molecule has 130 valence electrons. The molecule has 0 bridgehead atoms. The Bertz CT molecular complexity index is 1160. The normalized spacial score (nSPS) is 11.3. The molecule has 0 saturated carbocycles. The van der Waals surface area contributed by atoms with E-state index in [1.165, 1.54) is 12.1 Å². The second-order valence-electron chi connectivity index (χ2n) is 6.06. The van der Waals surface area contributed by atoms with Gasteiger partial charge in [-0.05, 0) is 35.9 Å². The average Bonchev–Trinajstić information content (AvgIpc) is 2.89. The number of hydrogen-bond donors (Lipinski definition) is 1. The summed E-state index contributed by atoms with van der Waals surface area (Å²) in [5, 5.41) is 1.92. The minimum absolute atomic E-state index is 0.195. The predicted molar refractivity (Wildman–Crippen MR) is 98.4 cm³/mol. The monoisotopic (exact) mass is 370 g/mol. The standard InChI is InChI=1S/C20H13ClF2N2O/c21-16-5-1-3-14-18-15(20(24)26)4-2-6-17(18)25(19(14)16)10-11-7-12(22)9-13(23)8-11/h1-9H,10H2,(H2,24,26). The van der Waals surface area contributed by atoms with Gasteiger partial charge in [0.15, 0.2) is 0 Å². The van der Waals surface area contributed by atoms with Gasteiger partial charge in [0.25, 0.3) is 0 Å². The van der Waals surface area contributed by atoms with Crippen molar-refractivity contribution in [3.63, 3.8) is 0 Å². The number of para-hydroxylation sites is 1.